The summed E-state index contributed by atoms with van der Waals surface area (Å²) in [7, 11) is 1.46. The molecule has 0 bridgehead atoms. The van der Waals surface area contributed by atoms with Gasteiger partial charge in [-0.25, -0.2) is 0 Å². The van der Waals surface area contributed by atoms with E-state index in [2.05, 4.69) is 15.6 Å². The molecule has 1 aliphatic heterocycles. The van der Waals surface area contributed by atoms with Crippen LogP contribution in [-0.4, -0.2) is 51.1 Å². The Morgan fingerprint density at radius 3 is 2.45 bits per heavy atom. The molecule has 0 aliphatic carbocycles. The summed E-state index contributed by atoms with van der Waals surface area (Å²) >= 11 is -0.801. The number of amides is 2. The van der Waals surface area contributed by atoms with Crippen molar-refractivity contribution in [1.82, 2.24) is 15.6 Å². The third-order valence-electron chi connectivity index (χ3n) is 4.37. The fourth-order valence-corrected chi connectivity index (χ4v) is 5.69. The topological polar surface area (TPSA) is 89.6 Å². The van der Waals surface area contributed by atoms with E-state index in [0.29, 0.717) is 26.1 Å². The van der Waals surface area contributed by atoms with Crippen LogP contribution in [0.3, 0.4) is 0 Å². The Balaban J connectivity index is 2.22. The van der Waals surface area contributed by atoms with Crippen molar-refractivity contribution in [3.63, 3.8) is 0 Å². The molecular weight excluding hydrogens is 530 g/mol. The van der Waals surface area contributed by atoms with Gasteiger partial charge in [0.1, 0.15) is 0 Å². The van der Waals surface area contributed by atoms with E-state index in [1.54, 1.807) is 0 Å². The van der Waals surface area contributed by atoms with Crippen molar-refractivity contribution in [1.29, 1.82) is 0 Å². The van der Waals surface area contributed by atoms with E-state index in [4.69, 9.17) is 9.47 Å². The Morgan fingerprint density at radius 1 is 1.26 bits per heavy atom. The third-order valence-corrected chi connectivity index (χ3v) is 7.73. The van der Waals surface area contributed by atoms with Crippen molar-refractivity contribution in [3.05, 3.63) is 23.4 Å². The van der Waals surface area contributed by atoms with Crippen molar-refractivity contribution >= 4 is 11.8 Å². The number of carbonyl (C=O) groups is 2. The predicted molar refractivity (Wildman–Crippen MR) is 103 cm³/mol. The summed E-state index contributed by atoms with van der Waals surface area (Å²) in [5.41, 5.74) is -1.28. The molecule has 1 aromatic heterocycles. The van der Waals surface area contributed by atoms with Gasteiger partial charge in [-0.05, 0) is 0 Å². The van der Waals surface area contributed by atoms with Gasteiger partial charge in [0.05, 0.1) is 0 Å². The number of ether oxygens (including phenoxy) is 2. The molecule has 2 rings (SSSR count). The van der Waals surface area contributed by atoms with Crippen LogP contribution in [0.2, 0.25) is 0 Å². The molecular formula is C20H28F3IN3O4-. The summed E-state index contributed by atoms with van der Waals surface area (Å²) in [6, 6.07) is 1.78. The van der Waals surface area contributed by atoms with Gasteiger partial charge < -0.3 is 0 Å². The molecule has 0 aromatic carbocycles. The minimum absolute atomic E-state index is 0.0564. The molecule has 0 saturated carbocycles. The first-order chi connectivity index (χ1) is 14.4. The molecule has 1 atom stereocenters. The molecule has 1 aliphatic rings. The van der Waals surface area contributed by atoms with Crippen LogP contribution in [0.25, 0.3) is 0 Å². The fraction of sp³-hybridized carbons (Fsp3) is 0.650. The average molecular weight is 558 g/mol. The standard InChI is InChI=1S/C20H28F3IN3O4/c1-19(2,3)24-15(17(29)25-4)27-16(28)14-6-5-13(20(21,22)23)18(26-14)31-11-12-7-9-30-10-8-12/h5-6,12,15H,7-11H2,1-4H3,(H,25,29)(H,27,28)/q-1/t15-/m1/s1. The van der Waals surface area contributed by atoms with Gasteiger partial charge in [0.25, 0.3) is 0 Å². The molecule has 31 heavy (non-hydrogen) atoms. The number of aromatic nitrogens is 1. The fourth-order valence-electron chi connectivity index (χ4n) is 2.79. The number of nitrogens with zero attached hydrogens (tertiary/aromatic N) is 1. The van der Waals surface area contributed by atoms with Crippen LogP contribution < -0.4 is 36.6 Å². The van der Waals surface area contributed by atoms with Crippen molar-refractivity contribution in [2.75, 3.05) is 26.9 Å². The Bertz CT molecular complexity index is 778. The number of carbonyl (C=O) groups excluding carboxylic acids is 2. The zero-order chi connectivity index (χ0) is 23.2. The zero-order valence-corrected chi connectivity index (χ0v) is 20.1. The van der Waals surface area contributed by atoms with Gasteiger partial charge in [-0.15, -0.1) is 0 Å². The third kappa shape index (κ3) is 8.09. The van der Waals surface area contributed by atoms with Gasteiger partial charge in [0, 0.05) is 0 Å². The zero-order valence-electron chi connectivity index (χ0n) is 17.9. The van der Waals surface area contributed by atoms with E-state index in [-0.39, 0.29) is 27.5 Å². The molecule has 11 heteroatoms. The molecule has 0 radical (unpaired) electrons. The average Bonchev–Trinajstić information content (AvgIpc) is 2.70. The second-order valence-electron chi connectivity index (χ2n) is 8.04. The van der Waals surface area contributed by atoms with Crippen molar-refractivity contribution in [2.24, 2.45) is 5.92 Å². The number of hydrogen-bond acceptors (Lipinski definition) is 5. The summed E-state index contributed by atoms with van der Waals surface area (Å²) < 4.78 is 50.0. The van der Waals surface area contributed by atoms with Crippen LogP contribution in [0.1, 0.15) is 49.7 Å². The van der Waals surface area contributed by atoms with Crippen LogP contribution >= 0.6 is 0 Å². The summed E-state index contributed by atoms with van der Waals surface area (Å²) in [5.74, 6) is -1.64. The molecule has 1 saturated heterocycles. The summed E-state index contributed by atoms with van der Waals surface area (Å²) in [6.45, 7) is 7.01. The molecule has 2 amide bonds. The van der Waals surface area contributed by atoms with Gasteiger partial charge in [-0.1, -0.05) is 0 Å². The van der Waals surface area contributed by atoms with Crippen LogP contribution in [-0.2, 0) is 15.7 Å². The molecule has 0 spiro atoms. The van der Waals surface area contributed by atoms with Gasteiger partial charge in [0.15, 0.2) is 0 Å². The minimum atomic E-state index is -4.67. The molecule has 7 nitrogen and oxygen atoms in total. The number of rotatable bonds is 7. The van der Waals surface area contributed by atoms with E-state index < -0.39 is 48.8 Å². The molecule has 176 valence electrons. The van der Waals surface area contributed by atoms with Crippen LogP contribution in [0, 0.1) is 5.92 Å². The summed E-state index contributed by atoms with van der Waals surface area (Å²) in [5, 5.41) is 5.12. The molecule has 2 N–H and O–H groups in total. The molecule has 2 heterocycles. The van der Waals surface area contributed by atoms with Gasteiger partial charge >= 0.3 is 190 Å². The van der Waals surface area contributed by atoms with Crippen LogP contribution in [0.4, 0.5) is 13.2 Å². The van der Waals surface area contributed by atoms with Gasteiger partial charge in [0.2, 0.25) is 0 Å². The first-order valence-electron chi connectivity index (χ1n) is 9.86. The number of pyridine rings is 1. The number of likely N-dealkylation sites (N-methyl/N-ethyl adjacent to an activating group) is 1. The number of alkyl halides is 5. The van der Waals surface area contributed by atoms with E-state index >= 15 is 0 Å². The first kappa shape index (κ1) is 25.6. The van der Waals surface area contributed by atoms with Gasteiger partial charge in [-0.3, -0.25) is 0 Å². The SMILES string of the molecule is CNC(=O)[C@@H](NC(=O)c1ccc(C(F)(F)F)c(OCC2CCOCC2)n1)[I-]C(C)(C)C. The Morgan fingerprint density at radius 2 is 1.90 bits per heavy atom. The maximum atomic E-state index is 13.4. The van der Waals surface area contributed by atoms with Crippen LogP contribution in [0.5, 0.6) is 5.88 Å². The van der Waals surface area contributed by atoms with Crippen molar-refractivity contribution in [2.45, 2.75) is 47.3 Å². The number of nitrogens with one attached hydrogen (secondary N) is 2. The summed E-state index contributed by atoms with van der Waals surface area (Å²) in [6.07, 6.45) is -3.30. The van der Waals surface area contributed by atoms with Crippen LogP contribution in [0.15, 0.2) is 12.1 Å². The van der Waals surface area contributed by atoms with Gasteiger partial charge in [-0.2, -0.15) is 0 Å². The number of halogens is 4. The second-order valence-corrected chi connectivity index (χ2v) is 13.1. The monoisotopic (exact) mass is 558 g/mol. The molecule has 1 aromatic rings. The Hall–Kier alpha value is -1.63. The van der Waals surface area contributed by atoms with E-state index in [1.807, 2.05) is 20.8 Å². The normalized spacial score (nSPS) is 16.6. The molecule has 1 fully saturated rings. The van der Waals surface area contributed by atoms with Crippen molar-refractivity contribution in [3.8, 4) is 5.88 Å². The Labute approximate surface area is 190 Å². The van der Waals surface area contributed by atoms with E-state index in [1.165, 1.54) is 7.05 Å². The Kier molecular flexibility index (Phi) is 8.92. The number of hydrogen-bond donors (Lipinski definition) is 2. The summed E-state index contributed by atoms with van der Waals surface area (Å²) in [4.78, 5) is 28.7. The van der Waals surface area contributed by atoms with E-state index in [9.17, 15) is 22.8 Å². The van der Waals surface area contributed by atoms with Crippen molar-refractivity contribution < 1.29 is 53.4 Å². The second kappa shape index (κ2) is 10.8. The predicted octanol–water partition coefficient (Wildman–Crippen LogP) is -0.405. The quantitative estimate of drug-likeness (QED) is 0.270. The molecule has 0 unspecified atom stereocenters. The first-order valence-corrected chi connectivity index (χ1v) is 12.2. The van der Waals surface area contributed by atoms with E-state index in [0.717, 1.165) is 12.1 Å². The maximum absolute atomic E-state index is 13.4.